The number of hydrogen-bond acceptors (Lipinski definition) is 2. The van der Waals surface area contributed by atoms with Crippen molar-refractivity contribution >= 4 is 27.6 Å². The maximum atomic E-state index is 4.96. The third-order valence-electron chi connectivity index (χ3n) is 5.63. The number of hydrogen-bond donors (Lipinski definition) is 0. The second kappa shape index (κ2) is 4.15. The topological polar surface area (TPSA) is 30.2 Å². The van der Waals surface area contributed by atoms with Crippen molar-refractivity contribution in [1.82, 2.24) is 14.4 Å². The Hall–Kier alpha value is -2.42. The van der Waals surface area contributed by atoms with Gasteiger partial charge in [0.1, 0.15) is 12.0 Å². The van der Waals surface area contributed by atoms with Crippen LogP contribution in [0.15, 0.2) is 42.7 Å². The van der Waals surface area contributed by atoms with Gasteiger partial charge in [-0.2, -0.15) is 0 Å². The largest absolute Gasteiger partial charge is 0.282 e. The molecule has 1 aliphatic rings. The highest BCUT2D eigenvalue weighted by Crippen LogP contribution is 2.50. The van der Waals surface area contributed by atoms with Gasteiger partial charge in [0.05, 0.1) is 16.6 Å². The van der Waals surface area contributed by atoms with E-state index in [1.807, 2.05) is 18.5 Å². The lowest BCUT2D eigenvalue weighted by molar-refractivity contribution is 0.403. The summed E-state index contributed by atoms with van der Waals surface area (Å²) in [5, 5.41) is 1.11. The fourth-order valence-electron chi connectivity index (χ4n) is 4.76. The highest BCUT2D eigenvalue weighted by atomic mass is 15.0. The lowest BCUT2D eigenvalue weighted by atomic mass is 9.82. The van der Waals surface area contributed by atoms with Crippen molar-refractivity contribution in [3.05, 3.63) is 53.9 Å². The molecule has 24 heavy (non-hydrogen) atoms. The molecule has 0 radical (unpaired) electrons. The molecule has 0 bridgehead atoms. The van der Waals surface area contributed by atoms with Crippen LogP contribution in [0.3, 0.4) is 0 Å². The maximum Gasteiger partial charge on any atom is 0.148 e. The molecule has 0 spiro atoms. The van der Waals surface area contributed by atoms with Crippen molar-refractivity contribution < 1.29 is 0 Å². The molecule has 0 amide bonds. The number of aromatic nitrogens is 3. The summed E-state index contributed by atoms with van der Waals surface area (Å²) in [5.74, 6) is 0. The second-order valence-electron chi connectivity index (χ2n) is 8.40. The van der Waals surface area contributed by atoms with E-state index in [1.54, 1.807) is 0 Å². The van der Waals surface area contributed by atoms with Crippen LogP contribution >= 0.6 is 0 Å². The van der Waals surface area contributed by atoms with Crippen LogP contribution in [0, 0.1) is 0 Å². The van der Waals surface area contributed by atoms with E-state index in [0.717, 1.165) is 27.6 Å². The minimum Gasteiger partial charge on any atom is -0.282 e. The van der Waals surface area contributed by atoms with Gasteiger partial charge in [0, 0.05) is 5.39 Å². The van der Waals surface area contributed by atoms with Crippen LogP contribution in [0.25, 0.3) is 27.6 Å². The summed E-state index contributed by atoms with van der Waals surface area (Å²) in [6.45, 7) is 9.39. The van der Waals surface area contributed by atoms with Gasteiger partial charge in [0.15, 0.2) is 0 Å². The van der Waals surface area contributed by atoms with Gasteiger partial charge in [-0.3, -0.25) is 4.40 Å². The van der Waals surface area contributed by atoms with E-state index in [-0.39, 0.29) is 10.8 Å². The molecule has 120 valence electrons. The molecule has 0 saturated carbocycles. The Morgan fingerprint density at radius 1 is 0.917 bits per heavy atom. The first-order chi connectivity index (χ1) is 11.4. The summed E-state index contributed by atoms with van der Waals surface area (Å²) in [6, 6.07) is 12.9. The van der Waals surface area contributed by atoms with Gasteiger partial charge < -0.3 is 0 Å². The van der Waals surface area contributed by atoms with Gasteiger partial charge >= 0.3 is 0 Å². The normalized spacial score (nSPS) is 18.5. The maximum absolute atomic E-state index is 4.96. The van der Waals surface area contributed by atoms with Gasteiger partial charge in [-0.25, -0.2) is 9.97 Å². The molecule has 0 unspecified atom stereocenters. The first kappa shape index (κ1) is 14.0. The van der Waals surface area contributed by atoms with Crippen LogP contribution in [-0.4, -0.2) is 14.4 Å². The van der Waals surface area contributed by atoms with Crippen LogP contribution < -0.4 is 0 Å². The summed E-state index contributed by atoms with van der Waals surface area (Å²) in [7, 11) is 0. The first-order valence-corrected chi connectivity index (χ1v) is 8.57. The predicted octanol–water partition coefficient (Wildman–Crippen LogP) is 4.99. The van der Waals surface area contributed by atoms with E-state index < -0.39 is 0 Å². The molecule has 2 aromatic carbocycles. The van der Waals surface area contributed by atoms with Crippen LogP contribution in [0.4, 0.5) is 0 Å². The van der Waals surface area contributed by atoms with Crippen molar-refractivity contribution in [3.63, 3.8) is 0 Å². The van der Waals surface area contributed by atoms with Gasteiger partial charge in [0.2, 0.25) is 0 Å². The average molecular weight is 315 g/mol. The average Bonchev–Trinajstić information content (AvgIpc) is 2.98. The lowest BCUT2D eigenvalue weighted by Crippen LogP contribution is -2.17. The highest BCUT2D eigenvalue weighted by molar-refractivity contribution is 5.96. The van der Waals surface area contributed by atoms with Gasteiger partial charge in [-0.1, -0.05) is 39.8 Å². The number of rotatable bonds is 0. The second-order valence-corrected chi connectivity index (χ2v) is 8.40. The Balaban J connectivity index is 1.94. The van der Waals surface area contributed by atoms with Crippen LogP contribution in [0.2, 0.25) is 0 Å². The van der Waals surface area contributed by atoms with Crippen LogP contribution in [-0.2, 0) is 10.8 Å². The molecule has 0 fully saturated rings. The van der Waals surface area contributed by atoms with Crippen molar-refractivity contribution in [3.8, 4) is 0 Å². The number of nitrogens with zero attached hydrogens (tertiary/aromatic N) is 3. The lowest BCUT2D eigenvalue weighted by Gasteiger charge is -2.22. The monoisotopic (exact) mass is 315 g/mol. The van der Waals surface area contributed by atoms with Crippen LogP contribution in [0.5, 0.6) is 0 Å². The summed E-state index contributed by atoms with van der Waals surface area (Å²) in [5.41, 5.74) is 7.51. The Bertz CT molecular complexity index is 1130. The SMILES string of the molecule is CC1(C)CC(C)(C)c2cc3c(cc21)nc1c2ccccc2ncn31. The summed E-state index contributed by atoms with van der Waals surface area (Å²) < 4.78 is 2.14. The van der Waals surface area contributed by atoms with Gasteiger partial charge in [0.25, 0.3) is 0 Å². The van der Waals surface area contributed by atoms with Gasteiger partial charge in [-0.05, 0) is 52.6 Å². The molecule has 0 saturated heterocycles. The molecular weight excluding hydrogens is 294 g/mol. The Morgan fingerprint density at radius 2 is 1.62 bits per heavy atom. The molecular formula is C21H21N3. The molecule has 0 atom stereocenters. The van der Waals surface area contributed by atoms with Crippen molar-refractivity contribution in [2.75, 3.05) is 0 Å². The van der Waals surface area contributed by atoms with Crippen LogP contribution in [0.1, 0.15) is 45.2 Å². The highest BCUT2D eigenvalue weighted by Gasteiger charge is 2.42. The molecule has 2 heterocycles. The van der Waals surface area contributed by atoms with Crippen molar-refractivity contribution in [2.24, 2.45) is 0 Å². The number of imidazole rings is 1. The molecule has 1 aliphatic carbocycles. The Morgan fingerprint density at radius 3 is 2.42 bits per heavy atom. The summed E-state index contributed by atoms with van der Waals surface area (Å²) >= 11 is 0. The quantitative estimate of drug-likeness (QED) is 0.457. The van der Waals surface area contributed by atoms with E-state index in [1.165, 1.54) is 17.5 Å². The van der Waals surface area contributed by atoms with E-state index in [9.17, 15) is 0 Å². The third-order valence-corrected chi connectivity index (χ3v) is 5.63. The zero-order valence-electron chi connectivity index (χ0n) is 14.6. The molecule has 4 aromatic rings. The van der Waals surface area contributed by atoms with Gasteiger partial charge in [-0.15, -0.1) is 0 Å². The minimum absolute atomic E-state index is 0.196. The molecule has 5 rings (SSSR count). The zero-order valence-corrected chi connectivity index (χ0v) is 14.6. The number of para-hydroxylation sites is 1. The number of fused-ring (bicyclic) bond motifs is 6. The predicted molar refractivity (Wildman–Crippen MR) is 98.7 cm³/mol. The number of benzene rings is 2. The van der Waals surface area contributed by atoms with Crippen molar-refractivity contribution in [1.29, 1.82) is 0 Å². The Kier molecular flexibility index (Phi) is 2.42. The fraction of sp³-hybridized carbons (Fsp3) is 0.333. The molecule has 3 heteroatoms. The van der Waals surface area contributed by atoms with Crippen molar-refractivity contribution in [2.45, 2.75) is 44.9 Å². The van der Waals surface area contributed by atoms with E-state index in [2.05, 4.69) is 61.3 Å². The zero-order chi connectivity index (χ0) is 16.7. The molecule has 0 aliphatic heterocycles. The minimum atomic E-state index is 0.196. The summed E-state index contributed by atoms with van der Waals surface area (Å²) in [6.07, 6.45) is 3.08. The standard InChI is InChI=1S/C21H21N3/c1-20(2)11-21(3,4)15-10-18-17(9-14(15)20)23-19-13-7-5-6-8-16(13)22-12-24(18)19/h5-10,12H,11H2,1-4H3. The molecule has 3 nitrogen and oxygen atoms in total. The smallest absolute Gasteiger partial charge is 0.148 e. The fourth-order valence-corrected chi connectivity index (χ4v) is 4.76. The molecule has 0 N–H and O–H groups in total. The Labute approximate surface area is 141 Å². The van der Waals surface area contributed by atoms with E-state index in [4.69, 9.17) is 4.98 Å². The van der Waals surface area contributed by atoms with E-state index in [0.29, 0.717) is 0 Å². The molecule has 2 aromatic heterocycles. The van der Waals surface area contributed by atoms with E-state index >= 15 is 0 Å². The third kappa shape index (κ3) is 1.67. The summed E-state index contributed by atoms with van der Waals surface area (Å²) in [4.78, 5) is 9.57. The first-order valence-electron chi connectivity index (χ1n) is 8.57.